The number of nitrogens with one attached hydrogen (secondary N) is 1. The van der Waals surface area contributed by atoms with E-state index in [1.54, 1.807) is 29.5 Å². The van der Waals surface area contributed by atoms with Crippen LogP contribution in [-0.2, 0) is 4.79 Å². The minimum absolute atomic E-state index is 0.225. The number of nitrogens with zero attached hydrogens (tertiary/aromatic N) is 1. The molecule has 1 N–H and O–H groups in total. The van der Waals surface area contributed by atoms with E-state index in [2.05, 4.69) is 10.3 Å². The number of carbonyl (C=O) groups is 1. The van der Waals surface area contributed by atoms with Gasteiger partial charge in [-0.15, -0.1) is 22.7 Å². The zero-order valence-corrected chi connectivity index (χ0v) is 15.8. The number of carbonyl (C=O) groups excluding carboxylic acids is 1. The van der Waals surface area contributed by atoms with Crippen molar-refractivity contribution in [2.45, 2.75) is 6.04 Å². The van der Waals surface area contributed by atoms with Crippen molar-refractivity contribution in [2.75, 3.05) is 0 Å². The van der Waals surface area contributed by atoms with Crippen molar-refractivity contribution in [3.8, 4) is 0 Å². The van der Waals surface area contributed by atoms with E-state index in [9.17, 15) is 9.18 Å². The van der Waals surface area contributed by atoms with Gasteiger partial charge in [-0.2, -0.15) is 0 Å². The van der Waals surface area contributed by atoms with Gasteiger partial charge in [0.05, 0.1) is 16.3 Å². The van der Waals surface area contributed by atoms with Gasteiger partial charge < -0.3 is 5.32 Å². The summed E-state index contributed by atoms with van der Waals surface area (Å²) in [6.45, 7) is 0. The van der Waals surface area contributed by atoms with Crippen LogP contribution in [0.2, 0.25) is 0 Å². The molecule has 134 valence electrons. The minimum atomic E-state index is -0.321. The van der Waals surface area contributed by atoms with E-state index < -0.39 is 0 Å². The molecule has 0 aliphatic carbocycles. The predicted molar refractivity (Wildman–Crippen MR) is 109 cm³/mol. The Morgan fingerprint density at radius 3 is 2.63 bits per heavy atom. The Labute approximate surface area is 163 Å². The van der Waals surface area contributed by atoms with Crippen LogP contribution in [0.5, 0.6) is 0 Å². The molecule has 0 saturated carbocycles. The van der Waals surface area contributed by atoms with Crippen LogP contribution in [0.1, 0.15) is 21.5 Å². The Morgan fingerprint density at radius 2 is 1.89 bits per heavy atom. The smallest absolute Gasteiger partial charge is 0.244 e. The molecule has 1 amide bonds. The van der Waals surface area contributed by atoms with Crippen molar-refractivity contribution >= 4 is 44.9 Å². The summed E-state index contributed by atoms with van der Waals surface area (Å²) >= 11 is 3.08. The lowest BCUT2D eigenvalue weighted by molar-refractivity contribution is -0.116. The third-order valence-corrected chi connectivity index (χ3v) is 5.94. The first kappa shape index (κ1) is 17.6. The fraction of sp³-hybridized carbons (Fsp3) is 0.0476. The van der Waals surface area contributed by atoms with Gasteiger partial charge in [-0.3, -0.25) is 4.79 Å². The standard InChI is InChI=1S/C21H15FN2OS2/c22-15-9-7-14(8-10-15)21(18-6-3-13-26-18)24-19(25)11-12-20-23-16-4-1-2-5-17(16)27-20/h1-13,21H,(H,24,25)/b12-11+. The zero-order valence-electron chi connectivity index (χ0n) is 14.1. The number of halogens is 1. The number of thiophene rings is 1. The molecule has 0 saturated heterocycles. The maximum absolute atomic E-state index is 13.2. The van der Waals surface area contributed by atoms with E-state index in [1.165, 1.54) is 29.5 Å². The quantitative estimate of drug-likeness (QED) is 0.460. The Kier molecular flexibility index (Phi) is 5.09. The van der Waals surface area contributed by atoms with Crippen LogP contribution in [-0.4, -0.2) is 10.9 Å². The Balaban J connectivity index is 1.53. The van der Waals surface area contributed by atoms with Gasteiger partial charge in [0, 0.05) is 11.0 Å². The van der Waals surface area contributed by atoms with Crippen molar-refractivity contribution in [2.24, 2.45) is 0 Å². The lowest BCUT2D eigenvalue weighted by Gasteiger charge is -2.17. The van der Waals surface area contributed by atoms with Crippen LogP contribution >= 0.6 is 22.7 Å². The van der Waals surface area contributed by atoms with Crippen LogP contribution < -0.4 is 5.32 Å². The largest absolute Gasteiger partial charge is 0.341 e. The molecule has 2 aromatic carbocycles. The highest BCUT2D eigenvalue weighted by Gasteiger charge is 2.17. The number of hydrogen-bond acceptors (Lipinski definition) is 4. The lowest BCUT2D eigenvalue weighted by Crippen LogP contribution is -2.27. The van der Waals surface area contributed by atoms with Crippen molar-refractivity contribution in [3.63, 3.8) is 0 Å². The number of hydrogen-bond donors (Lipinski definition) is 1. The number of benzene rings is 2. The molecule has 4 aromatic rings. The number of fused-ring (bicyclic) bond motifs is 1. The van der Waals surface area contributed by atoms with Crippen molar-refractivity contribution in [1.29, 1.82) is 0 Å². The first-order valence-electron chi connectivity index (χ1n) is 8.32. The summed E-state index contributed by atoms with van der Waals surface area (Å²) in [5, 5.41) is 5.73. The molecule has 1 atom stereocenters. The summed E-state index contributed by atoms with van der Waals surface area (Å²) in [6.07, 6.45) is 3.21. The van der Waals surface area contributed by atoms with Crippen LogP contribution in [0.25, 0.3) is 16.3 Å². The average molecular weight is 394 g/mol. The highest BCUT2D eigenvalue weighted by Crippen LogP contribution is 2.26. The highest BCUT2D eigenvalue weighted by atomic mass is 32.1. The molecule has 2 heterocycles. The molecule has 27 heavy (non-hydrogen) atoms. The van der Waals surface area contributed by atoms with Gasteiger partial charge in [0.2, 0.25) is 5.91 Å². The van der Waals surface area contributed by atoms with Gasteiger partial charge in [0.1, 0.15) is 10.8 Å². The maximum Gasteiger partial charge on any atom is 0.244 e. The van der Waals surface area contributed by atoms with Gasteiger partial charge in [0.25, 0.3) is 0 Å². The van der Waals surface area contributed by atoms with E-state index >= 15 is 0 Å². The summed E-state index contributed by atoms with van der Waals surface area (Å²) in [5.41, 5.74) is 1.76. The van der Waals surface area contributed by atoms with Crippen LogP contribution in [0.3, 0.4) is 0 Å². The summed E-state index contributed by atoms with van der Waals surface area (Å²) in [7, 11) is 0. The first-order valence-corrected chi connectivity index (χ1v) is 10.0. The second-order valence-corrected chi connectivity index (χ2v) is 7.90. The minimum Gasteiger partial charge on any atom is -0.341 e. The van der Waals surface area contributed by atoms with Gasteiger partial charge in [0.15, 0.2) is 0 Å². The molecule has 4 rings (SSSR count). The van der Waals surface area contributed by atoms with Gasteiger partial charge >= 0.3 is 0 Å². The zero-order chi connectivity index (χ0) is 18.6. The fourth-order valence-corrected chi connectivity index (χ4v) is 4.40. The molecule has 0 aliphatic heterocycles. The number of aromatic nitrogens is 1. The summed E-state index contributed by atoms with van der Waals surface area (Å²) < 4.78 is 14.3. The van der Waals surface area contributed by atoms with Crippen molar-refractivity contribution < 1.29 is 9.18 Å². The molecule has 0 aliphatic rings. The van der Waals surface area contributed by atoms with Crippen LogP contribution in [0.15, 0.2) is 72.1 Å². The van der Waals surface area contributed by atoms with Crippen molar-refractivity contribution in [1.82, 2.24) is 10.3 Å². The van der Waals surface area contributed by atoms with E-state index in [0.29, 0.717) is 0 Å². The average Bonchev–Trinajstić information content (AvgIpc) is 3.34. The second kappa shape index (κ2) is 7.82. The monoisotopic (exact) mass is 394 g/mol. The number of rotatable bonds is 5. The molecular weight excluding hydrogens is 379 g/mol. The molecule has 0 spiro atoms. The Bertz CT molecular complexity index is 1050. The first-order chi connectivity index (χ1) is 13.2. The maximum atomic E-state index is 13.2. The van der Waals surface area contributed by atoms with Gasteiger partial charge in [-0.05, 0) is 47.4 Å². The highest BCUT2D eigenvalue weighted by molar-refractivity contribution is 7.19. The molecular formula is C21H15FN2OS2. The van der Waals surface area contributed by atoms with Gasteiger partial charge in [-0.1, -0.05) is 30.3 Å². The second-order valence-electron chi connectivity index (χ2n) is 5.86. The Hall–Kier alpha value is -2.83. The normalized spacial score (nSPS) is 12.5. The molecule has 6 heteroatoms. The molecule has 0 fully saturated rings. The predicted octanol–water partition coefficient (Wildman–Crippen LogP) is 5.42. The molecule has 0 bridgehead atoms. The molecule has 2 aromatic heterocycles. The van der Waals surface area contributed by atoms with Crippen molar-refractivity contribution in [3.05, 3.63) is 93.4 Å². The number of para-hydroxylation sites is 1. The Morgan fingerprint density at radius 1 is 1.07 bits per heavy atom. The SMILES string of the molecule is O=C(/C=C/c1nc2ccccc2s1)NC(c1ccc(F)cc1)c1cccs1. The summed E-state index contributed by atoms with van der Waals surface area (Å²) in [5.74, 6) is -0.525. The fourth-order valence-electron chi connectivity index (χ4n) is 2.73. The molecule has 3 nitrogen and oxygen atoms in total. The van der Waals surface area contributed by atoms with Gasteiger partial charge in [-0.25, -0.2) is 9.37 Å². The van der Waals surface area contributed by atoms with E-state index in [-0.39, 0.29) is 17.8 Å². The van der Waals surface area contributed by atoms with E-state index in [0.717, 1.165) is 25.7 Å². The topological polar surface area (TPSA) is 42.0 Å². The van der Waals surface area contributed by atoms with E-state index in [4.69, 9.17) is 0 Å². The van der Waals surface area contributed by atoms with Crippen LogP contribution in [0, 0.1) is 5.82 Å². The third-order valence-electron chi connectivity index (χ3n) is 4.01. The molecule has 0 radical (unpaired) electrons. The van der Waals surface area contributed by atoms with Crippen LogP contribution in [0.4, 0.5) is 4.39 Å². The number of amides is 1. The summed E-state index contributed by atoms with van der Waals surface area (Å²) in [6, 6.07) is 17.6. The third kappa shape index (κ3) is 4.13. The number of thiazole rings is 1. The molecule has 1 unspecified atom stereocenters. The van der Waals surface area contributed by atoms with E-state index in [1.807, 2.05) is 41.8 Å². The summed E-state index contributed by atoms with van der Waals surface area (Å²) in [4.78, 5) is 18.0. The lowest BCUT2D eigenvalue weighted by atomic mass is 10.1.